The lowest BCUT2D eigenvalue weighted by Gasteiger charge is -2.12. The summed E-state index contributed by atoms with van der Waals surface area (Å²) in [6.45, 7) is 2.04. The maximum Gasteiger partial charge on any atom is 0.348 e. The largest absolute Gasteiger partial charge is 0.477 e. The number of anilines is 1. The summed E-state index contributed by atoms with van der Waals surface area (Å²) in [5.74, 6) is 0.488. The highest BCUT2D eigenvalue weighted by molar-refractivity contribution is 6.37. The summed E-state index contributed by atoms with van der Waals surface area (Å²) in [7, 11) is 0. The molecule has 0 fully saturated rings. The Labute approximate surface area is 203 Å². The van der Waals surface area contributed by atoms with Crippen LogP contribution in [-0.4, -0.2) is 23.5 Å². The van der Waals surface area contributed by atoms with Crippen molar-refractivity contribution >= 4 is 58.1 Å². The second-order valence-corrected chi connectivity index (χ2v) is 7.60. The SMILES string of the molecule is CCO/C(=N\C(=O)Nc1cc(Cl)c(Oc2ccc([N+](=O)[O-])cc2)c(Cl)c1)c1ccccc1Cl. The lowest BCUT2D eigenvalue weighted by Crippen LogP contribution is -2.14. The molecule has 0 saturated heterocycles. The van der Waals surface area contributed by atoms with Gasteiger partial charge in [0.05, 0.1) is 32.2 Å². The molecule has 3 aromatic carbocycles. The number of ether oxygens (including phenoxy) is 2. The molecule has 0 bridgehead atoms. The van der Waals surface area contributed by atoms with E-state index in [-0.39, 0.29) is 39.7 Å². The number of nitro benzene ring substituents is 1. The average molecular weight is 509 g/mol. The fourth-order valence-electron chi connectivity index (χ4n) is 2.67. The fourth-order valence-corrected chi connectivity index (χ4v) is 3.45. The zero-order valence-electron chi connectivity index (χ0n) is 17.1. The topological polar surface area (TPSA) is 103 Å². The van der Waals surface area contributed by atoms with Crippen LogP contribution in [0.15, 0.2) is 65.7 Å². The van der Waals surface area contributed by atoms with E-state index in [2.05, 4.69) is 10.3 Å². The molecule has 8 nitrogen and oxygen atoms in total. The van der Waals surface area contributed by atoms with Crippen molar-refractivity contribution in [2.45, 2.75) is 6.92 Å². The Hall–Kier alpha value is -3.33. The Bertz CT molecular complexity index is 1190. The first kappa shape index (κ1) is 24.3. The van der Waals surface area contributed by atoms with E-state index in [1.54, 1.807) is 31.2 Å². The Morgan fingerprint density at radius 3 is 2.24 bits per heavy atom. The molecule has 0 radical (unpaired) electrons. The molecule has 0 aliphatic carbocycles. The van der Waals surface area contributed by atoms with Gasteiger partial charge in [-0.1, -0.05) is 46.9 Å². The van der Waals surface area contributed by atoms with Crippen molar-refractivity contribution in [3.05, 3.63) is 91.4 Å². The summed E-state index contributed by atoms with van der Waals surface area (Å²) in [6, 6.07) is 14.4. The molecule has 33 heavy (non-hydrogen) atoms. The minimum atomic E-state index is -0.727. The summed E-state index contributed by atoms with van der Waals surface area (Å²) in [4.78, 5) is 26.7. The third-order valence-electron chi connectivity index (χ3n) is 4.11. The van der Waals surface area contributed by atoms with Crippen LogP contribution in [0.3, 0.4) is 0 Å². The Morgan fingerprint density at radius 2 is 1.67 bits per heavy atom. The van der Waals surface area contributed by atoms with E-state index < -0.39 is 11.0 Å². The normalized spacial score (nSPS) is 11.1. The van der Waals surface area contributed by atoms with E-state index in [1.165, 1.54) is 36.4 Å². The van der Waals surface area contributed by atoms with Gasteiger partial charge in [0.25, 0.3) is 5.69 Å². The number of benzene rings is 3. The van der Waals surface area contributed by atoms with Gasteiger partial charge in [-0.05, 0) is 43.3 Å². The lowest BCUT2D eigenvalue weighted by molar-refractivity contribution is -0.384. The van der Waals surface area contributed by atoms with Crippen molar-refractivity contribution in [3.63, 3.8) is 0 Å². The molecule has 170 valence electrons. The van der Waals surface area contributed by atoms with E-state index in [0.29, 0.717) is 16.3 Å². The molecule has 3 aromatic rings. The second-order valence-electron chi connectivity index (χ2n) is 6.38. The number of carbonyl (C=O) groups excluding carboxylic acids is 1. The van der Waals surface area contributed by atoms with E-state index in [1.807, 2.05) is 0 Å². The molecule has 11 heteroatoms. The Morgan fingerprint density at radius 1 is 1.03 bits per heavy atom. The maximum absolute atomic E-state index is 12.5. The first-order valence-electron chi connectivity index (χ1n) is 9.47. The third-order valence-corrected chi connectivity index (χ3v) is 5.00. The quantitative estimate of drug-likeness (QED) is 0.162. The maximum atomic E-state index is 12.5. The number of carbonyl (C=O) groups is 1. The Balaban J connectivity index is 1.78. The van der Waals surface area contributed by atoms with E-state index in [4.69, 9.17) is 44.3 Å². The highest BCUT2D eigenvalue weighted by Gasteiger charge is 2.15. The molecule has 3 rings (SSSR count). The van der Waals surface area contributed by atoms with Crippen LogP contribution < -0.4 is 10.1 Å². The summed E-state index contributed by atoms with van der Waals surface area (Å²) in [5, 5.41) is 13.9. The summed E-state index contributed by atoms with van der Waals surface area (Å²) in [6.07, 6.45) is 0. The zero-order chi connectivity index (χ0) is 24.0. The van der Waals surface area contributed by atoms with Gasteiger partial charge in [-0.3, -0.25) is 10.1 Å². The highest BCUT2D eigenvalue weighted by atomic mass is 35.5. The van der Waals surface area contributed by atoms with E-state index >= 15 is 0 Å². The van der Waals surface area contributed by atoms with Crippen LogP contribution in [-0.2, 0) is 4.74 Å². The van der Waals surface area contributed by atoms with Gasteiger partial charge in [0.2, 0.25) is 5.90 Å². The number of halogens is 3. The molecule has 0 saturated carbocycles. The number of aliphatic imine (C=N–C) groups is 1. The van der Waals surface area contributed by atoms with Gasteiger partial charge < -0.3 is 14.8 Å². The van der Waals surface area contributed by atoms with Crippen LogP contribution in [0.5, 0.6) is 11.5 Å². The van der Waals surface area contributed by atoms with Gasteiger partial charge in [-0.25, -0.2) is 4.79 Å². The number of nitrogens with zero attached hydrogens (tertiary/aromatic N) is 2. The van der Waals surface area contributed by atoms with Crippen LogP contribution >= 0.6 is 34.8 Å². The van der Waals surface area contributed by atoms with E-state index in [0.717, 1.165) is 0 Å². The van der Waals surface area contributed by atoms with Gasteiger partial charge in [-0.15, -0.1) is 0 Å². The Kier molecular flexibility index (Phi) is 8.11. The molecule has 2 amide bonds. The number of urea groups is 1. The van der Waals surface area contributed by atoms with Crippen molar-refractivity contribution in [1.29, 1.82) is 0 Å². The first-order valence-corrected chi connectivity index (χ1v) is 10.6. The van der Waals surface area contributed by atoms with Crippen LogP contribution in [0.4, 0.5) is 16.2 Å². The van der Waals surface area contributed by atoms with Crippen LogP contribution in [0.2, 0.25) is 15.1 Å². The zero-order valence-corrected chi connectivity index (χ0v) is 19.3. The van der Waals surface area contributed by atoms with Crippen molar-refractivity contribution in [2.24, 2.45) is 4.99 Å². The van der Waals surface area contributed by atoms with Gasteiger partial charge in [0.15, 0.2) is 5.75 Å². The molecular weight excluding hydrogens is 493 g/mol. The average Bonchev–Trinajstić information content (AvgIpc) is 2.76. The lowest BCUT2D eigenvalue weighted by atomic mass is 10.2. The predicted octanol–water partition coefficient (Wildman–Crippen LogP) is 7.36. The van der Waals surface area contributed by atoms with E-state index in [9.17, 15) is 14.9 Å². The van der Waals surface area contributed by atoms with Crippen molar-refractivity contribution in [3.8, 4) is 11.5 Å². The molecule has 0 aliphatic heterocycles. The van der Waals surface area contributed by atoms with Crippen molar-refractivity contribution < 1.29 is 19.2 Å². The van der Waals surface area contributed by atoms with Gasteiger partial charge >= 0.3 is 6.03 Å². The molecular formula is C22H16Cl3N3O5. The molecule has 0 atom stereocenters. The number of amides is 2. The number of hydrogen-bond acceptors (Lipinski definition) is 5. The standard InChI is InChI=1S/C22H16Cl3N3O5/c1-2-32-21(16-5-3-4-6-17(16)23)27-22(29)26-13-11-18(24)20(19(25)12-13)33-15-9-7-14(8-10-15)28(30)31/h3-12H,2H2,1H3,(H,26,29)/b27-21-. The second kappa shape index (κ2) is 11.0. The fraction of sp³-hybridized carbons (Fsp3) is 0.0909. The highest BCUT2D eigenvalue weighted by Crippen LogP contribution is 2.39. The van der Waals surface area contributed by atoms with Crippen molar-refractivity contribution in [2.75, 3.05) is 11.9 Å². The summed E-state index contributed by atoms with van der Waals surface area (Å²) in [5.41, 5.74) is 0.658. The molecule has 0 heterocycles. The summed E-state index contributed by atoms with van der Waals surface area (Å²) >= 11 is 18.7. The molecule has 1 N–H and O–H groups in total. The molecule has 0 aliphatic rings. The minimum absolute atomic E-state index is 0.0657. The third kappa shape index (κ3) is 6.35. The predicted molar refractivity (Wildman–Crippen MR) is 128 cm³/mol. The monoisotopic (exact) mass is 507 g/mol. The first-order chi connectivity index (χ1) is 15.8. The number of nitro groups is 1. The number of nitrogens with one attached hydrogen (secondary N) is 1. The molecule has 0 unspecified atom stereocenters. The number of hydrogen-bond donors (Lipinski definition) is 1. The van der Waals surface area contributed by atoms with Crippen molar-refractivity contribution in [1.82, 2.24) is 0 Å². The van der Waals surface area contributed by atoms with Gasteiger partial charge in [0.1, 0.15) is 5.75 Å². The molecule has 0 aromatic heterocycles. The van der Waals surface area contributed by atoms with Crippen LogP contribution in [0.25, 0.3) is 0 Å². The minimum Gasteiger partial charge on any atom is -0.477 e. The van der Waals surface area contributed by atoms with Gasteiger partial charge in [-0.2, -0.15) is 4.99 Å². The number of non-ortho nitro benzene ring substituents is 1. The van der Waals surface area contributed by atoms with Crippen LogP contribution in [0, 0.1) is 10.1 Å². The van der Waals surface area contributed by atoms with Gasteiger partial charge in [0, 0.05) is 17.8 Å². The molecule has 0 spiro atoms. The summed E-state index contributed by atoms with van der Waals surface area (Å²) < 4.78 is 11.1. The smallest absolute Gasteiger partial charge is 0.348 e. The number of rotatable bonds is 6. The van der Waals surface area contributed by atoms with Crippen LogP contribution in [0.1, 0.15) is 12.5 Å².